The Labute approximate surface area is 77.9 Å². The van der Waals surface area contributed by atoms with Gasteiger partial charge in [0.25, 0.3) is 0 Å². The SMILES string of the molecule is Nc1cc(C2CCCCCN2)[nH]n1. The molecule has 0 spiro atoms. The van der Waals surface area contributed by atoms with Crippen LogP contribution in [0.15, 0.2) is 6.07 Å². The molecule has 0 aliphatic carbocycles. The fourth-order valence-electron chi connectivity index (χ4n) is 1.83. The van der Waals surface area contributed by atoms with Crippen molar-refractivity contribution in [1.29, 1.82) is 0 Å². The van der Waals surface area contributed by atoms with Crippen LogP contribution in [0.4, 0.5) is 5.82 Å². The molecule has 1 aromatic heterocycles. The summed E-state index contributed by atoms with van der Waals surface area (Å²) in [6.45, 7) is 1.10. The maximum Gasteiger partial charge on any atom is 0.145 e. The van der Waals surface area contributed by atoms with Gasteiger partial charge in [0.1, 0.15) is 5.82 Å². The second-order valence-corrected chi connectivity index (χ2v) is 3.60. The molecular weight excluding hydrogens is 164 g/mol. The smallest absolute Gasteiger partial charge is 0.145 e. The highest BCUT2D eigenvalue weighted by Gasteiger charge is 2.14. The van der Waals surface area contributed by atoms with Gasteiger partial charge in [0.15, 0.2) is 0 Å². The van der Waals surface area contributed by atoms with E-state index in [0.29, 0.717) is 11.9 Å². The Hall–Kier alpha value is -1.03. The van der Waals surface area contributed by atoms with Crippen LogP contribution in [0.5, 0.6) is 0 Å². The molecule has 2 heterocycles. The van der Waals surface area contributed by atoms with Crippen molar-refractivity contribution < 1.29 is 0 Å². The molecule has 1 aromatic rings. The Kier molecular flexibility index (Phi) is 2.49. The minimum atomic E-state index is 0.423. The normalized spacial score (nSPS) is 24.2. The van der Waals surface area contributed by atoms with Crippen LogP contribution >= 0.6 is 0 Å². The highest BCUT2D eigenvalue weighted by molar-refractivity contribution is 5.29. The van der Waals surface area contributed by atoms with Crippen molar-refractivity contribution in [2.24, 2.45) is 0 Å². The number of aromatic nitrogens is 2. The Balaban J connectivity index is 2.06. The molecule has 4 nitrogen and oxygen atoms in total. The van der Waals surface area contributed by atoms with E-state index in [1.165, 1.54) is 25.7 Å². The van der Waals surface area contributed by atoms with E-state index in [0.717, 1.165) is 12.2 Å². The molecule has 1 unspecified atom stereocenters. The number of hydrogen-bond acceptors (Lipinski definition) is 3. The average molecular weight is 180 g/mol. The molecule has 1 aliphatic heterocycles. The van der Waals surface area contributed by atoms with Crippen LogP contribution < -0.4 is 11.1 Å². The molecule has 1 aliphatic rings. The summed E-state index contributed by atoms with van der Waals surface area (Å²) in [6.07, 6.45) is 5.07. The zero-order chi connectivity index (χ0) is 9.10. The molecule has 0 saturated carbocycles. The monoisotopic (exact) mass is 180 g/mol. The summed E-state index contributed by atoms with van der Waals surface area (Å²) in [5.74, 6) is 0.584. The molecule has 4 heteroatoms. The molecule has 0 aromatic carbocycles. The number of nitrogens with one attached hydrogen (secondary N) is 2. The van der Waals surface area contributed by atoms with Crippen molar-refractivity contribution in [3.05, 3.63) is 11.8 Å². The maximum absolute atomic E-state index is 5.55. The first-order valence-corrected chi connectivity index (χ1v) is 4.90. The fraction of sp³-hybridized carbons (Fsp3) is 0.667. The lowest BCUT2D eigenvalue weighted by Crippen LogP contribution is -2.20. The van der Waals surface area contributed by atoms with Crippen LogP contribution in [0.25, 0.3) is 0 Å². The number of nitrogen functional groups attached to an aromatic ring is 1. The van der Waals surface area contributed by atoms with Gasteiger partial charge in [-0.05, 0) is 19.4 Å². The molecule has 13 heavy (non-hydrogen) atoms. The van der Waals surface area contributed by atoms with E-state index >= 15 is 0 Å². The second kappa shape index (κ2) is 3.79. The summed E-state index contributed by atoms with van der Waals surface area (Å²) in [7, 11) is 0. The minimum absolute atomic E-state index is 0.423. The minimum Gasteiger partial charge on any atom is -0.382 e. The topological polar surface area (TPSA) is 66.7 Å². The van der Waals surface area contributed by atoms with Crippen LogP contribution in [0, 0.1) is 0 Å². The predicted octanol–water partition coefficient (Wildman–Crippen LogP) is 1.20. The predicted molar refractivity (Wildman–Crippen MR) is 52.2 cm³/mol. The van der Waals surface area contributed by atoms with E-state index in [1.807, 2.05) is 6.07 Å². The van der Waals surface area contributed by atoms with Gasteiger partial charge in [-0.25, -0.2) is 0 Å². The van der Waals surface area contributed by atoms with Crippen LogP contribution in [0.3, 0.4) is 0 Å². The first-order valence-electron chi connectivity index (χ1n) is 4.90. The number of anilines is 1. The van der Waals surface area contributed by atoms with Gasteiger partial charge < -0.3 is 11.1 Å². The summed E-state index contributed by atoms with van der Waals surface area (Å²) in [6, 6.07) is 2.34. The molecule has 1 fully saturated rings. The fourth-order valence-corrected chi connectivity index (χ4v) is 1.83. The summed E-state index contributed by atoms with van der Waals surface area (Å²) in [5.41, 5.74) is 6.68. The molecule has 1 atom stereocenters. The van der Waals surface area contributed by atoms with Crippen molar-refractivity contribution in [1.82, 2.24) is 15.5 Å². The second-order valence-electron chi connectivity index (χ2n) is 3.60. The molecule has 0 bridgehead atoms. The van der Waals surface area contributed by atoms with E-state index in [9.17, 15) is 0 Å². The van der Waals surface area contributed by atoms with E-state index < -0.39 is 0 Å². The van der Waals surface area contributed by atoms with E-state index in [2.05, 4.69) is 15.5 Å². The van der Waals surface area contributed by atoms with Gasteiger partial charge in [0, 0.05) is 12.1 Å². The third kappa shape index (κ3) is 2.01. The summed E-state index contributed by atoms with van der Waals surface area (Å²) >= 11 is 0. The Morgan fingerprint density at radius 1 is 1.38 bits per heavy atom. The summed E-state index contributed by atoms with van der Waals surface area (Å²) in [4.78, 5) is 0. The lowest BCUT2D eigenvalue weighted by atomic mass is 10.1. The lowest BCUT2D eigenvalue weighted by Gasteiger charge is -2.12. The van der Waals surface area contributed by atoms with Crippen LogP contribution in [-0.2, 0) is 0 Å². The lowest BCUT2D eigenvalue weighted by molar-refractivity contribution is 0.521. The van der Waals surface area contributed by atoms with Gasteiger partial charge in [-0.1, -0.05) is 12.8 Å². The van der Waals surface area contributed by atoms with Gasteiger partial charge in [0.2, 0.25) is 0 Å². The molecule has 4 N–H and O–H groups in total. The highest BCUT2D eigenvalue weighted by Crippen LogP contribution is 2.21. The average Bonchev–Trinajstić information content (AvgIpc) is 2.43. The van der Waals surface area contributed by atoms with Crippen molar-refractivity contribution in [3.63, 3.8) is 0 Å². The van der Waals surface area contributed by atoms with Crippen LogP contribution in [0.2, 0.25) is 0 Å². The largest absolute Gasteiger partial charge is 0.382 e. The summed E-state index contributed by atoms with van der Waals surface area (Å²) < 4.78 is 0. The molecular formula is C9H16N4. The van der Waals surface area contributed by atoms with Crippen LogP contribution in [0.1, 0.15) is 37.4 Å². The quantitative estimate of drug-likeness (QED) is 0.608. The summed E-state index contributed by atoms with van der Waals surface area (Å²) in [5, 5.41) is 10.4. The molecule has 2 rings (SSSR count). The van der Waals surface area contributed by atoms with Gasteiger partial charge in [0.05, 0.1) is 5.69 Å². The molecule has 0 amide bonds. The third-order valence-electron chi connectivity index (χ3n) is 2.55. The highest BCUT2D eigenvalue weighted by atomic mass is 15.2. The Bertz CT molecular complexity index is 260. The Morgan fingerprint density at radius 3 is 3.08 bits per heavy atom. The molecule has 72 valence electrons. The van der Waals surface area contributed by atoms with Gasteiger partial charge >= 0.3 is 0 Å². The zero-order valence-corrected chi connectivity index (χ0v) is 7.71. The van der Waals surface area contributed by atoms with Crippen molar-refractivity contribution in [2.75, 3.05) is 12.3 Å². The number of aromatic amines is 1. The standard InChI is InChI=1S/C9H16N4/c10-9-6-8(12-13-9)7-4-2-1-3-5-11-7/h6-7,11H,1-5H2,(H3,10,12,13). The van der Waals surface area contributed by atoms with Gasteiger partial charge in [-0.3, -0.25) is 5.10 Å². The van der Waals surface area contributed by atoms with Crippen LogP contribution in [-0.4, -0.2) is 16.7 Å². The first-order chi connectivity index (χ1) is 6.36. The number of nitrogens with two attached hydrogens (primary N) is 1. The maximum atomic E-state index is 5.55. The number of hydrogen-bond donors (Lipinski definition) is 3. The van der Waals surface area contributed by atoms with E-state index in [-0.39, 0.29) is 0 Å². The zero-order valence-electron chi connectivity index (χ0n) is 7.71. The van der Waals surface area contributed by atoms with Crippen molar-refractivity contribution in [2.45, 2.75) is 31.7 Å². The van der Waals surface area contributed by atoms with Crippen molar-refractivity contribution in [3.8, 4) is 0 Å². The number of H-pyrrole nitrogens is 1. The van der Waals surface area contributed by atoms with Gasteiger partial charge in [-0.2, -0.15) is 5.10 Å². The van der Waals surface area contributed by atoms with E-state index in [4.69, 9.17) is 5.73 Å². The molecule has 0 radical (unpaired) electrons. The number of rotatable bonds is 1. The first kappa shape index (κ1) is 8.56. The molecule has 1 saturated heterocycles. The van der Waals surface area contributed by atoms with Gasteiger partial charge in [-0.15, -0.1) is 0 Å². The van der Waals surface area contributed by atoms with E-state index in [1.54, 1.807) is 0 Å². The third-order valence-corrected chi connectivity index (χ3v) is 2.55. The Morgan fingerprint density at radius 2 is 2.31 bits per heavy atom. The number of nitrogens with zero attached hydrogens (tertiary/aromatic N) is 1. The van der Waals surface area contributed by atoms with Crippen molar-refractivity contribution >= 4 is 5.82 Å².